The van der Waals surface area contributed by atoms with Gasteiger partial charge in [0.15, 0.2) is 0 Å². The zero-order valence-corrected chi connectivity index (χ0v) is 10.6. The molecule has 2 aromatic rings. The van der Waals surface area contributed by atoms with Crippen molar-refractivity contribution in [1.82, 2.24) is 0 Å². The van der Waals surface area contributed by atoms with E-state index in [9.17, 15) is 14.5 Å². The molecule has 0 aliphatic carbocycles. The number of halogens is 2. The van der Waals surface area contributed by atoms with Crippen molar-refractivity contribution < 1.29 is 13.7 Å². The van der Waals surface area contributed by atoms with Gasteiger partial charge in [-0.15, -0.1) is 0 Å². The lowest BCUT2D eigenvalue weighted by molar-refractivity contribution is -0.402. The fraction of sp³-hybridized carbons (Fsp3) is 0.0909. The molecule has 1 heterocycles. The summed E-state index contributed by atoms with van der Waals surface area (Å²) in [6.45, 7) is 0.168. The first-order valence-electron chi connectivity index (χ1n) is 4.98. The summed E-state index contributed by atoms with van der Waals surface area (Å²) in [7, 11) is 0. The van der Waals surface area contributed by atoms with Gasteiger partial charge in [-0.2, -0.15) is 0 Å². The number of nitrogens with one attached hydrogen (secondary N) is 1. The van der Waals surface area contributed by atoms with Crippen LogP contribution in [-0.2, 0) is 6.54 Å². The Balaban J connectivity index is 2.06. The number of benzene rings is 1. The van der Waals surface area contributed by atoms with Crippen LogP contribution in [0.4, 0.5) is 16.0 Å². The molecule has 0 spiro atoms. The molecular formula is C11H8BrFN2O3. The lowest BCUT2D eigenvalue weighted by Crippen LogP contribution is -2.00. The number of anilines is 1. The zero-order valence-electron chi connectivity index (χ0n) is 9.02. The highest BCUT2D eigenvalue weighted by atomic mass is 79.9. The molecule has 0 amide bonds. The predicted octanol–water partition coefficient (Wildman–Crippen LogP) is 3.70. The smallest absolute Gasteiger partial charge is 0.404 e. The minimum Gasteiger partial charge on any atom is -0.404 e. The summed E-state index contributed by atoms with van der Waals surface area (Å²) in [4.78, 5) is 9.79. The molecule has 0 aliphatic rings. The average molecular weight is 315 g/mol. The first-order valence-corrected chi connectivity index (χ1v) is 5.77. The topological polar surface area (TPSA) is 68.3 Å². The molecule has 1 aromatic heterocycles. The summed E-state index contributed by atoms with van der Waals surface area (Å²) in [6, 6.07) is 7.21. The lowest BCUT2D eigenvalue weighted by Gasteiger charge is -2.05. The lowest BCUT2D eigenvalue weighted by atomic mass is 10.3. The summed E-state index contributed by atoms with van der Waals surface area (Å²) >= 11 is 3.23. The van der Waals surface area contributed by atoms with Crippen LogP contribution in [0.5, 0.6) is 0 Å². The maximum Gasteiger partial charge on any atom is 0.433 e. The summed E-state index contributed by atoms with van der Waals surface area (Å²) < 4.78 is 19.1. The van der Waals surface area contributed by atoms with E-state index in [0.29, 0.717) is 11.4 Å². The Labute approximate surface area is 110 Å². The molecule has 0 saturated carbocycles. The summed E-state index contributed by atoms with van der Waals surface area (Å²) in [6.07, 6.45) is 0. The van der Waals surface area contributed by atoms with Gasteiger partial charge in [0, 0.05) is 4.47 Å². The molecule has 0 fully saturated rings. The van der Waals surface area contributed by atoms with Gasteiger partial charge in [-0.25, -0.2) is 4.39 Å². The minimum absolute atomic E-state index is 0.168. The van der Waals surface area contributed by atoms with Gasteiger partial charge >= 0.3 is 5.88 Å². The van der Waals surface area contributed by atoms with Crippen molar-refractivity contribution in [3.63, 3.8) is 0 Å². The van der Waals surface area contributed by atoms with Crippen molar-refractivity contribution in [3.05, 3.63) is 56.5 Å². The van der Waals surface area contributed by atoms with Crippen molar-refractivity contribution in [2.45, 2.75) is 6.54 Å². The number of nitro groups is 1. The highest BCUT2D eigenvalue weighted by molar-refractivity contribution is 9.10. The summed E-state index contributed by atoms with van der Waals surface area (Å²) in [5, 5.41) is 13.2. The maximum absolute atomic E-state index is 13.4. The Kier molecular flexibility index (Phi) is 3.61. The second-order valence-corrected chi connectivity index (χ2v) is 4.39. The van der Waals surface area contributed by atoms with Crippen LogP contribution in [0.1, 0.15) is 5.76 Å². The summed E-state index contributed by atoms with van der Waals surface area (Å²) in [5.74, 6) is -0.373. The van der Waals surface area contributed by atoms with E-state index >= 15 is 0 Å². The van der Waals surface area contributed by atoms with E-state index in [4.69, 9.17) is 4.42 Å². The molecule has 2 rings (SSSR count). The van der Waals surface area contributed by atoms with Crippen molar-refractivity contribution in [3.8, 4) is 0 Å². The second kappa shape index (κ2) is 5.18. The van der Waals surface area contributed by atoms with Gasteiger partial charge in [-0.3, -0.25) is 10.1 Å². The van der Waals surface area contributed by atoms with Crippen LogP contribution < -0.4 is 5.32 Å². The van der Waals surface area contributed by atoms with Crippen LogP contribution in [0, 0.1) is 15.9 Å². The first kappa shape index (κ1) is 12.6. The zero-order chi connectivity index (χ0) is 13.1. The molecule has 94 valence electrons. The molecule has 1 aromatic carbocycles. The van der Waals surface area contributed by atoms with E-state index in [-0.39, 0.29) is 12.4 Å². The predicted molar refractivity (Wildman–Crippen MR) is 66.8 cm³/mol. The van der Waals surface area contributed by atoms with Crippen LogP contribution in [0.3, 0.4) is 0 Å². The van der Waals surface area contributed by atoms with Crippen LogP contribution in [-0.4, -0.2) is 4.92 Å². The SMILES string of the molecule is O=[N+]([O-])c1ccc(CNc2cc(Br)ccc2F)o1. The molecule has 5 nitrogen and oxygen atoms in total. The third-order valence-corrected chi connectivity index (χ3v) is 2.70. The fourth-order valence-corrected chi connectivity index (χ4v) is 1.74. The number of hydrogen-bond acceptors (Lipinski definition) is 4. The van der Waals surface area contributed by atoms with E-state index in [1.807, 2.05) is 0 Å². The third kappa shape index (κ3) is 2.86. The van der Waals surface area contributed by atoms with E-state index in [0.717, 1.165) is 4.47 Å². The summed E-state index contributed by atoms with van der Waals surface area (Å²) in [5.41, 5.74) is 0.295. The minimum atomic E-state index is -0.622. The average Bonchev–Trinajstić information content (AvgIpc) is 2.79. The Morgan fingerprint density at radius 3 is 2.83 bits per heavy atom. The van der Waals surface area contributed by atoms with Gasteiger partial charge in [0.1, 0.15) is 16.5 Å². The molecule has 0 saturated heterocycles. The largest absolute Gasteiger partial charge is 0.433 e. The Hall–Kier alpha value is -1.89. The van der Waals surface area contributed by atoms with E-state index < -0.39 is 10.7 Å². The molecule has 0 bridgehead atoms. The highest BCUT2D eigenvalue weighted by Crippen LogP contribution is 2.22. The molecule has 0 unspecified atom stereocenters. The maximum atomic E-state index is 13.4. The van der Waals surface area contributed by atoms with Gasteiger partial charge in [-0.05, 0) is 24.3 Å². The van der Waals surface area contributed by atoms with Crippen LogP contribution in [0.25, 0.3) is 0 Å². The molecular weight excluding hydrogens is 307 g/mol. The van der Waals surface area contributed by atoms with E-state index in [2.05, 4.69) is 21.2 Å². The van der Waals surface area contributed by atoms with Crippen molar-refractivity contribution in [2.24, 2.45) is 0 Å². The quantitative estimate of drug-likeness (QED) is 0.690. The molecule has 0 atom stereocenters. The second-order valence-electron chi connectivity index (χ2n) is 3.47. The number of hydrogen-bond donors (Lipinski definition) is 1. The molecule has 0 radical (unpaired) electrons. The Bertz CT molecular complexity index is 585. The van der Waals surface area contributed by atoms with Gasteiger partial charge in [-0.1, -0.05) is 15.9 Å². The molecule has 18 heavy (non-hydrogen) atoms. The molecule has 0 aliphatic heterocycles. The van der Waals surface area contributed by atoms with Gasteiger partial charge < -0.3 is 9.73 Å². The monoisotopic (exact) mass is 314 g/mol. The number of rotatable bonds is 4. The Morgan fingerprint density at radius 1 is 1.39 bits per heavy atom. The fourth-order valence-electron chi connectivity index (χ4n) is 1.38. The van der Waals surface area contributed by atoms with Crippen LogP contribution in [0.2, 0.25) is 0 Å². The normalized spacial score (nSPS) is 10.3. The Morgan fingerprint density at radius 2 is 2.17 bits per heavy atom. The van der Waals surface area contributed by atoms with Gasteiger partial charge in [0.05, 0.1) is 18.3 Å². The van der Waals surface area contributed by atoms with E-state index in [1.54, 1.807) is 12.1 Å². The highest BCUT2D eigenvalue weighted by Gasteiger charge is 2.12. The van der Waals surface area contributed by atoms with Crippen molar-refractivity contribution in [2.75, 3.05) is 5.32 Å². The standard InChI is InChI=1S/C11H8BrFN2O3/c12-7-1-3-9(13)10(5-7)14-6-8-2-4-11(18-8)15(16)17/h1-5,14H,6H2. The van der Waals surface area contributed by atoms with Crippen LogP contribution in [0.15, 0.2) is 39.2 Å². The van der Waals surface area contributed by atoms with Gasteiger partial charge in [0.25, 0.3) is 0 Å². The number of nitrogens with zero attached hydrogens (tertiary/aromatic N) is 1. The third-order valence-electron chi connectivity index (χ3n) is 2.21. The van der Waals surface area contributed by atoms with Gasteiger partial charge in [0.2, 0.25) is 0 Å². The van der Waals surface area contributed by atoms with Crippen molar-refractivity contribution >= 4 is 27.5 Å². The molecule has 7 heteroatoms. The first-order chi connectivity index (χ1) is 8.56. The molecule has 1 N–H and O–H groups in total. The number of furan rings is 1. The van der Waals surface area contributed by atoms with Crippen molar-refractivity contribution in [1.29, 1.82) is 0 Å². The van der Waals surface area contributed by atoms with Crippen LogP contribution >= 0.6 is 15.9 Å². The van der Waals surface area contributed by atoms with E-state index in [1.165, 1.54) is 18.2 Å².